The van der Waals surface area contributed by atoms with Gasteiger partial charge in [0.2, 0.25) is 11.8 Å². The average molecular weight is 571 g/mol. The number of nitrogens with zero attached hydrogens (tertiary/aromatic N) is 2. The SMILES string of the molecule is CCCC(NC(=O)Cc1cc(F)cc(F)c1)C(=O)Nc1ncc(C(=O)CN2CCC(O)(c3ccccc3)CC2)s1. The lowest BCUT2D eigenvalue weighted by atomic mass is 9.84. The van der Waals surface area contributed by atoms with Crippen LogP contribution in [0.2, 0.25) is 0 Å². The number of halogens is 2. The number of aliphatic hydroxyl groups is 1. The monoisotopic (exact) mass is 570 g/mol. The number of thiazole rings is 1. The molecule has 0 spiro atoms. The number of Topliss-reactive ketones (excluding diaryl/α,β-unsaturated/α-hetero) is 1. The molecular formula is C29H32F2N4O4S. The van der Waals surface area contributed by atoms with Gasteiger partial charge in [-0.3, -0.25) is 19.3 Å². The molecule has 1 saturated heterocycles. The Labute approximate surface area is 235 Å². The maximum Gasteiger partial charge on any atom is 0.248 e. The molecule has 1 unspecified atom stereocenters. The number of aromatic nitrogens is 1. The predicted molar refractivity (Wildman–Crippen MR) is 148 cm³/mol. The van der Waals surface area contributed by atoms with Crippen molar-refractivity contribution in [1.29, 1.82) is 0 Å². The molecule has 1 aliphatic heterocycles. The van der Waals surface area contributed by atoms with Crippen LogP contribution in [0.5, 0.6) is 0 Å². The summed E-state index contributed by atoms with van der Waals surface area (Å²) in [5.74, 6) is -2.74. The molecule has 1 aliphatic rings. The number of amides is 2. The summed E-state index contributed by atoms with van der Waals surface area (Å²) in [5.41, 5.74) is 0.136. The minimum Gasteiger partial charge on any atom is -0.385 e. The largest absolute Gasteiger partial charge is 0.385 e. The Morgan fingerprint density at radius 2 is 1.77 bits per heavy atom. The third-order valence-corrected chi connectivity index (χ3v) is 7.84. The second-order valence-electron chi connectivity index (χ2n) is 9.98. The Bertz CT molecular complexity index is 1320. The van der Waals surface area contributed by atoms with Crippen LogP contribution in [0.4, 0.5) is 13.9 Å². The van der Waals surface area contributed by atoms with Crippen LogP contribution in [0, 0.1) is 11.6 Å². The van der Waals surface area contributed by atoms with Crippen molar-refractivity contribution in [2.45, 2.75) is 50.7 Å². The number of likely N-dealkylation sites (tertiary alicyclic amines) is 1. The van der Waals surface area contributed by atoms with Crippen molar-refractivity contribution in [3.8, 4) is 0 Å². The predicted octanol–water partition coefficient (Wildman–Crippen LogP) is 4.05. The van der Waals surface area contributed by atoms with Gasteiger partial charge in [0.1, 0.15) is 17.7 Å². The Morgan fingerprint density at radius 3 is 2.42 bits per heavy atom. The van der Waals surface area contributed by atoms with E-state index in [-0.39, 0.29) is 29.4 Å². The molecule has 0 aliphatic carbocycles. The zero-order valence-electron chi connectivity index (χ0n) is 22.2. The molecule has 2 amide bonds. The number of anilines is 1. The van der Waals surface area contributed by atoms with Crippen molar-refractivity contribution in [2.75, 3.05) is 25.0 Å². The van der Waals surface area contributed by atoms with Crippen LogP contribution in [0.3, 0.4) is 0 Å². The van der Waals surface area contributed by atoms with Crippen LogP contribution >= 0.6 is 11.3 Å². The number of benzene rings is 2. The van der Waals surface area contributed by atoms with Gasteiger partial charge in [-0.2, -0.15) is 0 Å². The summed E-state index contributed by atoms with van der Waals surface area (Å²) >= 11 is 1.05. The Kier molecular flexibility index (Phi) is 9.72. The van der Waals surface area contributed by atoms with Crippen molar-refractivity contribution in [3.05, 3.63) is 82.4 Å². The topological polar surface area (TPSA) is 112 Å². The molecule has 40 heavy (non-hydrogen) atoms. The van der Waals surface area contributed by atoms with Crippen molar-refractivity contribution in [3.63, 3.8) is 0 Å². The highest BCUT2D eigenvalue weighted by atomic mass is 32.1. The molecule has 3 aromatic rings. The van der Waals surface area contributed by atoms with Crippen LogP contribution in [0.25, 0.3) is 0 Å². The summed E-state index contributed by atoms with van der Waals surface area (Å²) in [6.45, 7) is 3.17. The maximum atomic E-state index is 13.4. The molecular weight excluding hydrogens is 538 g/mol. The lowest BCUT2D eigenvalue weighted by Gasteiger charge is -2.38. The summed E-state index contributed by atoms with van der Waals surface area (Å²) in [6, 6.07) is 11.5. The first-order chi connectivity index (χ1) is 19.1. The molecule has 4 rings (SSSR count). The van der Waals surface area contributed by atoms with Gasteiger partial charge >= 0.3 is 0 Å². The average Bonchev–Trinajstić information content (AvgIpc) is 3.38. The summed E-state index contributed by atoms with van der Waals surface area (Å²) in [6.07, 6.45) is 3.12. The molecule has 8 nitrogen and oxygen atoms in total. The van der Waals surface area contributed by atoms with Gasteiger partial charge in [0.05, 0.1) is 29.6 Å². The fourth-order valence-electron chi connectivity index (χ4n) is 4.75. The van der Waals surface area contributed by atoms with E-state index in [4.69, 9.17) is 0 Å². The van der Waals surface area contributed by atoms with E-state index >= 15 is 0 Å². The van der Waals surface area contributed by atoms with Crippen molar-refractivity contribution in [1.82, 2.24) is 15.2 Å². The number of hydrogen-bond donors (Lipinski definition) is 3. The number of carbonyl (C=O) groups is 3. The molecule has 1 aromatic heterocycles. The zero-order chi connectivity index (χ0) is 28.7. The molecule has 3 N–H and O–H groups in total. The lowest BCUT2D eigenvalue weighted by molar-refractivity contribution is -0.126. The van der Waals surface area contributed by atoms with Gasteiger partial charge in [0.25, 0.3) is 0 Å². The summed E-state index contributed by atoms with van der Waals surface area (Å²) in [4.78, 5) is 44.8. The normalized spacial score (nSPS) is 15.8. The van der Waals surface area contributed by atoms with Gasteiger partial charge in [-0.1, -0.05) is 55.0 Å². The number of piperidine rings is 1. The van der Waals surface area contributed by atoms with Crippen molar-refractivity contribution < 1.29 is 28.3 Å². The molecule has 0 bridgehead atoms. The molecule has 0 radical (unpaired) electrons. The molecule has 11 heteroatoms. The Morgan fingerprint density at radius 1 is 1.10 bits per heavy atom. The fourth-order valence-corrected chi connectivity index (χ4v) is 5.50. The van der Waals surface area contributed by atoms with Gasteiger partial charge in [0.15, 0.2) is 10.9 Å². The molecule has 0 saturated carbocycles. The van der Waals surface area contributed by atoms with Crippen LogP contribution in [0.1, 0.15) is 53.4 Å². The number of hydrogen-bond acceptors (Lipinski definition) is 7. The molecule has 2 aromatic carbocycles. The summed E-state index contributed by atoms with van der Waals surface area (Å²) in [7, 11) is 0. The second-order valence-corrected chi connectivity index (χ2v) is 11.0. The summed E-state index contributed by atoms with van der Waals surface area (Å²) < 4.78 is 26.9. The number of rotatable bonds is 11. The minimum atomic E-state index is -0.902. The van der Waals surface area contributed by atoms with Crippen LogP contribution in [-0.4, -0.2) is 58.3 Å². The summed E-state index contributed by atoms with van der Waals surface area (Å²) in [5, 5.41) is 16.5. The van der Waals surface area contributed by atoms with Crippen LogP contribution in [0.15, 0.2) is 54.7 Å². The van der Waals surface area contributed by atoms with Crippen molar-refractivity contribution in [2.24, 2.45) is 0 Å². The first-order valence-corrected chi connectivity index (χ1v) is 14.0. The van der Waals surface area contributed by atoms with Gasteiger partial charge in [-0.25, -0.2) is 13.8 Å². The molecule has 212 valence electrons. The van der Waals surface area contributed by atoms with E-state index in [1.807, 2.05) is 42.2 Å². The van der Waals surface area contributed by atoms with E-state index in [9.17, 15) is 28.3 Å². The number of carbonyl (C=O) groups excluding carboxylic acids is 3. The smallest absolute Gasteiger partial charge is 0.248 e. The number of ketones is 1. The highest BCUT2D eigenvalue weighted by molar-refractivity contribution is 7.17. The molecule has 1 atom stereocenters. The second kappa shape index (κ2) is 13.2. The standard InChI is InChI=1S/C29H32F2N4O4S/c1-2-6-23(33-26(37)15-19-13-21(30)16-22(31)14-19)27(38)34-28-32-17-25(40-28)24(36)18-35-11-9-29(39,10-12-35)20-7-4-3-5-8-20/h3-5,7-8,13-14,16-17,23,39H,2,6,9-12,15,18H2,1H3,(H,33,37)(H,32,34,38). The van der Waals surface area contributed by atoms with E-state index < -0.39 is 35.1 Å². The van der Waals surface area contributed by atoms with Crippen LogP contribution < -0.4 is 10.6 Å². The Hall–Kier alpha value is -3.54. The van der Waals surface area contributed by atoms with E-state index in [2.05, 4.69) is 15.6 Å². The highest BCUT2D eigenvalue weighted by Gasteiger charge is 2.34. The quantitative estimate of drug-likeness (QED) is 0.300. The third kappa shape index (κ3) is 7.77. The van der Waals surface area contributed by atoms with Gasteiger partial charge in [-0.05, 0) is 42.5 Å². The fraction of sp³-hybridized carbons (Fsp3) is 0.379. The first kappa shape index (κ1) is 29.4. The number of nitrogens with one attached hydrogen (secondary N) is 2. The minimum absolute atomic E-state index is 0.135. The zero-order valence-corrected chi connectivity index (χ0v) is 23.0. The van der Waals surface area contributed by atoms with Gasteiger partial charge < -0.3 is 15.7 Å². The Balaban J connectivity index is 1.29. The highest BCUT2D eigenvalue weighted by Crippen LogP contribution is 2.32. The van der Waals surface area contributed by atoms with E-state index in [0.29, 0.717) is 43.6 Å². The van der Waals surface area contributed by atoms with Gasteiger partial charge in [0, 0.05) is 19.2 Å². The van der Waals surface area contributed by atoms with Crippen molar-refractivity contribution >= 4 is 34.1 Å². The maximum absolute atomic E-state index is 13.4. The lowest BCUT2D eigenvalue weighted by Crippen LogP contribution is -2.44. The van der Waals surface area contributed by atoms with Gasteiger partial charge in [-0.15, -0.1) is 0 Å². The molecule has 2 heterocycles. The third-order valence-electron chi connectivity index (χ3n) is 6.89. The van der Waals surface area contributed by atoms with E-state index in [1.54, 1.807) is 0 Å². The van der Waals surface area contributed by atoms with E-state index in [1.165, 1.54) is 6.20 Å². The van der Waals surface area contributed by atoms with E-state index in [0.717, 1.165) is 35.1 Å². The molecule has 1 fully saturated rings. The van der Waals surface area contributed by atoms with Crippen LogP contribution in [-0.2, 0) is 21.6 Å². The first-order valence-electron chi connectivity index (χ1n) is 13.2.